The molecule has 0 bridgehead atoms. The minimum atomic E-state index is -0.0859. The summed E-state index contributed by atoms with van der Waals surface area (Å²) >= 11 is 1.41. The number of aryl methyl sites for hydroxylation is 2. The van der Waals surface area contributed by atoms with Crippen molar-refractivity contribution in [2.75, 3.05) is 0 Å². The first kappa shape index (κ1) is 17.5. The Kier molecular flexibility index (Phi) is 4.77. The summed E-state index contributed by atoms with van der Waals surface area (Å²) in [5.41, 5.74) is 2.42. The van der Waals surface area contributed by atoms with E-state index in [4.69, 9.17) is 9.40 Å². The van der Waals surface area contributed by atoms with Gasteiger partial charge in [-0.05, 0) is 30.7 Å². The maximum absolute atomic E-state index is 13.2. The molecule has 0 saturated carbocycles. The third kappa shape index (κ3) is 3.38. The van der Waals surface area contributed by atoms with Gasteiger partial charge in [-0.25, -0.2) is 4.98 Å². The van der Waals surface area contributed by atoms with Crippen molar-refractivity contribution < 1.29 is 4.42 Å². The lowest BCUT2D eigenvalue weighted by molar-refractivity contribution is 0.469. The molecule has 7 heteroatoms. The van der Waals surface area contributed by atoms with Gasteiger partial charge in [-0.2, -0.15) is 0 Å². The smallest absolute Gasteiger partial charge is 0.266 e. The Morgan fingerprint density at radius 1 is 1.04 bits per heavy atom. The molecule has 4 rings (SSSR count). The van der Waals surface area contributed by atoms with Crippen LogP contribution in [0.4, 0.5) is 0 Å². The molecule has 27 heavy (non-hydrogen) atoms. The Balaban J connectivity index is 1.83. The number of para-hydroxylation sites is 2. The minimum absolute atomic E-state index is 0.0859. The third-order valence-electron chi connectivity index (χ3n) is 4.24. The van der Waals surface area contributed by atoms with Gasteiger partial charge in [0.05, 0.1) is 22.3 Å². The van der Waals surface area contributed by atoms with Crippen LogP contribution in [0.25, 0.3) is 16.6 Å². The summed E-state index contributed by atoms with van der Waals surface area (Å²) in [6.45, 7) is 3.95. The Morgan fingerprint density at radius 2 is 1.78 bits per heavy atom. The van der Waals surface area contributed by atoms with Gasteiger partial charge in [0.15, 0.2) is 5.16 Å². The molecule has 0 spiro atoms. The SMILES string of the molecule is CCc1nnc(CSc2nc3ccccc3c(=O)n2-c2ccccc2C)o1. The number of aromatic nitrogens is 4. The largest absolute Gasteiger partial charge is 0.424 e. The van der Waals surface area contributed by atoms with Gasteiger partial charge >= 0.3 is 0 Å². The summed E-state index contributed by atoms with van der Waals surface area (Å²) in [7, 11) is 0. The van der Waals surface area contributed by atoms with Crippen LogP contribution >= 0.6 is 11.8 Å². The fraction of sp³-hybridized carbons (Fsp3) is 0.200. The minimum Gasteiger partial charge on any atom is -0.424 e. The molecule has 0 unspecified atom stereocenters. The molecule has 0 aliphatic rings. The van der Waals surface area contributed by atoms with Crippen LogP contribution in [0.3, 0.4) is 0 Å². The van der Waals surface area contributed by atoms with Gasteiger partial charge in [0, 0.05) is 6.42 Å². The van der Waals surface area contributed by atoms with Gasteiger partial charge in [0.2, 0.25) is 11.8 Å². The first-order chi connectivity index (χ1) is 13.2. The number of hydrogen-bond acceptors (Lipinski definition) is 6. The van der Waals surface area contributed by atoms with Crippen molar-refractivity contribution in [1.29, 1.82) is 0 Å². The zero-order chi connectivity index (χ0) is 18.8. The first-order valence-electron chi connectivity index (χ1n) is 8.69. The summed E-state index contributed by atoms with van der Waals surface area (Å²) in [6.07, 6.45) is 0.694. The lowest BCUT2D eigenvalue weighted by Crippen LogP contribution is -2.22. The van der Waals surface area contributed by atoms with Crippen molar-refractivity contribution in [3.8, 4) is 5.69 Å². The predicted octanol–water partition coefficient (Wildman–Crippen LogP) is 3.93. The van der Waals surface area contributed by atoms with Crippen molar-refractivity contribution in [2.24, 2.45) is 0 Å². The van der Waals surface area contributed by atoms with E-state index in [-0.39, 0.29) is 5.56 Å². The van der Waals surface area contributed by atoms with E-state index in [9.17, 15) is 4.79 Å². The zero-order valence-corrected chi connectivity index (χ0v) is 15.9. The maximum atomic E-state index is 13.2. The molecule has 136 valence electrons. The van der Waals surface area contributed by atoms with Crippen LogP contribution in [-0.4, -0.2) is 19.7 Å². The first-order valence-corrected chi connectivity index (χ1v) is 9.67. The van der Waals surface area contributed by atoms with Gasteiger partial charge in [0.1, 0.15) is 0 Å². The van der Waals surface area contributed by atoms with Gasteiger partial charge in [-0.15, -0.1) is 10.2 Å². The molecule has 4 aromatic rings. The molecule has 0 aliphatic heterocycles. The molecular weight excluding hydrogens is 360 g/mol. The lowest BCUT2D eigenvalue weighted by atomic mass is 10.2. The van der Waals surface area contributed by atoms with Gasteiger partial charge in [-0.1, -0.05) is 49.0 Å². The molecule has 0 amide bonds. The number of benzene rings is 2. The van der Waals surface area contributed by atoms with Crippen LogP contribution in [0.15, 0.2) is 62.9 Å². The van der Waals surface area contributed by atoms with Crippen molar-refractivity contribution in [3.63, 3.8) is 0 Å². The highest BCUT2D eigenvalue weighted by Gasteiger charge is 2.16. The summed E-state index contributed by atoms with van der Waals surface area (Å²) in [5, 5.41) is 9.24. The number of thioether (sulfide) groups is 1. The molecule has 0 atom stereocenters. The highest BCUT2D eigenvalue weighted by atomic mass is 32.2. The maximum Gasteiger partial charge on any atom is 0.266 e. The lowest BCUT2D eigenvalue weighted by Gasteiger charge is -2.14. The Labute approximate surface area is 160 Å². The van der Waals surface area contributed by atoms with E-state index in [0.29, 0.717) is 40.0 Å². The molecule has 2 aromatic heterocycles. The fourth-order valence-corrected chi connectivity index (χ4v) is 3.69. The average Bonchev–Trinajstić information content (AvgIpc) is 3.16. The Bertz CT molecular complexity index is 1170. The number of rotatable bonds is 5. The van der Waals surface area contributed by atoms with Crippen molar-refractivity contribution in [2.45, 2.75) is 31.2 Å². The van der Waals surface area contributed by atoms with Crippen LogP contribution < -0.4 is 5.56 Å². The molecule has 0 radical (unpaired) electrons. The van der Waals surface area contributed by atoms with Gasteiger partial charge in [0.25, 0.3) is 5.56 Å². The number of fused-ring (bicyclic) bond motifs is 1. The summed E-state index contributed by atoms with van der Waals surface area (Å²) in [4.78, 5) is 18.0. The highest BCUT2D eigenvalue weighted by Crippen LogP contribution is 2.25. The molecule has 0 aliphatic carbocycles. The van der Waals surface area contributed by atoms with E-state index in [1.807, 2.05) is 56.3 Å². The molecule has 2 heterocycles. The van der Waals surface area contributed by atoms with Crippen LogP contribution in [-0.2, 0) is 12.2 Å². The molecule has 6 nitrogen and oxygen atoms in total. The summed E-state index contributed by atoms with van der Waals surface area (Å²) in [6, 6.07) is 15.2. The topological polar surface area (TPSA) is 73.8 Å². The normalized spacial score (nSPS) is 11.2. The van der Waals surface area contributed by atoms with Crippen molar-refractivity contribution in [1.82, 2.24) is 19.7 Å². The van der Waals surface area contributed by atoms with Crippen LogP contribution in [0, 0.1) is 6.92 Å². The van der Waals surface area contributed by atoms with E-state index in [1.165, 1.54) is 11.8 Å². The van der Waals surface area contributed by atoms with Crippen LogP contribution in [0.5, 0.6) is 0 Å². The zero-order valence-electron chi connectivity index (χ0n) is 15.0. The number of nitrogens with zero attached hydrogens (tertiary/aromatic N) is 4. The second kappa shape index (κ2) is 7.36. The van der Waals surface area contributed by atoms with Crippen LogP contribution in [0.2, 0.25) is 0 Å². The second-order valence-corrected chi connectivity index (χ2v) is 7.01. The molecule has 0 fully saturated rings. The van der Waals surface area contributed by atoms with E-state index in [2.05, 4.69) is 10.2 Å². The van der Waals surface area contributed by atoms with E-state index in [0.717, 1.165) is 11.3 Å². The Morgan fingerprint density at radius 3 is 2.56 bits per heavy atom. The van der Waals surface area contributed by atoms with E-state index in [1.54, 1.807) is 10.6 Å². The molecular formula is C20H18N4O2S. The molecule has 0 N–H and O–H groups in total. The van der Waals surface area contributed by atoms with Crippen LogP contribution in [0.1, 0.15) is 24.3 Å². The quantitative estimate of drug-likeness (QED) is 0.387. The molecule has 0 saturated heterocycles. The highest BCUT2D eigenvalue weighted by molar-refractivity contribution is 7.98. The predicted molar refractivity (Wildman–Crippen MR) is 105 cm³/mol. The standard InChI is InChI=1S/C20H18N4O2S/c1-3-17-22-23-18(26-17)12-27-20-21-15-10-6-5-9-14(15)19(25)24(20)16-11-7-4-8-13(16)2/h4-11H,3,12H2,1-2H3. The average molecular weight is 378 g/mol. The van der Waals surface area contributed by atoms with E-state index < -0.39 is 0 Å². The van der Waals surface area contributed by atoms with Gasteiger partial charge in [-0.3, -0.25) is 9.36 Å². The Hall–Kier alpha value is -2.93. The number of hydrogen-bond donors (Lipinski definition) is 0. The third-order valence-corrected chi connectivity index (χ3v) is 5.16. The monoisotopic (exact) mass is 378 g/mol. The second-order valence-electron chi connectivity index (χ2n) is 6.07. The summed E-state index contributed by atoms with van der Waals surface area (Å²) in [5.74, 6) is 1.58. The van der Waals surface area contributed by atoms with Gasteiger partial charge < -0.3 is 4.42 Å². The van der Waals surface area contributed by atoms with E-state index >= 15 is 0 Å². The van der Waals surface area contributed by atoms with Crippen molar-refractivity contribution >= 4 is 22.7 Å². The summed E-state index contributed by atoms with van der Waals surface area (Å²) < 4.78 is 7.25. The fourth-order valence-electron chi connectivity index (χ4n) is 2.85. The van der Waals surface area contributed by atoms with Crippen molar-refractivity contribution in [3.05, 3.63) is 76.2 Å². The molecule has 2 aromatic carbocycles.